The lowest BCUT2D eigenvalue weighted by Crippen LogP contribution is -2.30. The Labute approximate surface area is 180 Å². The second kappa shape index (κ2) is 8.22. The Kier molecular flexibility index (Phi) is 5.64. The molecule has 1 aliphatic rings. The minimum absolute atomic E-state index is 0.0281. The molecule has 30 heavy (non-hydrogen) atoms. The number of aryl methyl sites for hydroxylation is 3. The predicted octanol–water partition coefficient (Wildman–Crippen LogP) is 4.87. The van der Waals surface area contributed by atoms with Gasteiger partial charge in [0.2, 0.25) is 0 Å². The molecule has 1 saturated heterocycles. The van der Waals surface area contributed by atoms with Crippen molar-refractivity contribution in [2.24, 2.45) is 0 Å². The highest BCUT2D eigenvalue weighted by Crippen LogP contribution is 2.39. The van der Waals surface area contributed by atoms with Crippen LogP contribution in [0, 0.1) is 13.8 Å². The van der Waals surface area contributed by atoms with E-state index in [1.54, 1.807) is 14.2 Å². The van der Waals surface area contributed by atoms with Gasteiger partial charge in [-0.2, -0.15) is 0 Å². The van der Waals surface area contributed by atoms with E-state index in [1.807, 2.05) is 43.9 Å². The average molecular weight is 426 g/mol. The zero-order valence-electron chi connectivity index (χ0n) is 18.1. The molecule has 0 bridgehead atoms. The Bertz CT molecular complexity index is 1110. The highest BCUT2D eigenvalue weighted by Gasteiger charge is 2.33. The van der Waals surface area contributed by atoms with Gasteiger partial charge in [0.1, 0.15) is 10.7 Å². The molecule has 0 radical (unpaired) electrons. The van der Waals surface area contributed by atoms with Crippen LogP contribution in [0.25, 0.3) is 10.2 Å². The van der Waals surface area contributed by atoms with Gasteiger partial charge in [0.05, 0.1) is 25.1 Å². The number of likely N-dealkylation sites (tertiary alicyclic amines) is 1. The van der Waals surface area contributed by atoms with E-state index in [0.29, 0.717) is 11.5 Å². The first kappa shape index (κ1) is 20.6. The number of carbonyl (C=O) groups excluding carboxylic acids is 1. The summed E-state index contributed by atoms with van der Waals surface area (Å²) >= 11 is 1.49. The van der Waals surface area contributed by atoms with E-state index in [9.17, 15) is 4.79 Å². The van der Waals surface area contributed by atoms with Crippen molar-refractivity contribution < 1.29 is 14.3 Å². The molecular formula is C23H27N3O3S. The number of benzene rings is 1. The Hall–Kier alpha value is -2.67. The van der Waals surface area contributed by atoms with Crippen molar-refractivity contribution >= 4 is 27.5 Å². The molecule has 0 saturated carbocycles. The second-order valence-electron chi connectivity index (χ2n) is 7.59. The van der Waals surface area contributed by atoms with Crippen LogP contribution < -0.4 is 9.47 Å². The zero-order valence-corrected chi connectivity index (χ0v) is 18.9. The molecule has 4 rings (SSSR count). The fourth-order valence-electron chi connectivity index (χ4n) is 4.30. The molecule has 1 amide bonds. The van der Waals surface area contributed by atoms with E-state index in [2.05, 4.69) is 9.97 Å². The van der Waals surface area contributed by atoms with Crippen molar-refractivity contribution in [1.82, 2.24) is 14.9 Å². The zero-order chi connectivity index (χ0) is 21.4. The van der Waals surface area contributed by atoms with Gasteiger partial charge in [0.15, 0.2) is 11.5 Å². The first-order valence-corrected chi connectivity index (χ1v) is 11.1. The van der Waals surface area contributed by atoms with Crippen LogP contribution in [0.4, 0.5) is 0 Å². The molecule has 0 unspecified atom stereocenters. The predicted molar refractivity (Wildman–Crippen MR) is 119 cm³/mol. The van der Waals surface area contributed by atoms with Gasteiger partial charge in [-0.3, -0.25) is 4.79 Å². The van der Waals surface area contributed by atoms with Crippen molar-refractivity contribution in [3.05, 3.63) is 45.7 Å². The first-order chi connectivity index (χ1) is 14.5. The summed E-state index contributed by atoms with van der Waals surface area (Å²) < 4.78 is 10.8. The van der Waals surface area contributed by atoms with Gasteiger partial charge >= 0.3 is 0 Å². The first-order valence-electron chi connectivity index (χ1n) is 10.3. The van der Waals surface area contributed by atoms with Crippen LogP contribution in [0.1, 0.15) is 58.1 Å². The Morgan fingerprint density at radius 3 is 2.67 bits per heavy atom. The van der Waals surface area contributed by atoms with Crippen LogP contribution in [-0.4, -0.2) is 41.5 Å². The van der Waals surface area contributed by atoms with Gasteiger partial charge in [-0.25, -0.2) is 9.97 Å². The lowest BCUT2D eigenvalue weighted by molar-refractivity contribution is 0.0740. The molecule has 2 aromatic heterocycles. The number of rotatable bonds is 5. The standard InChI is InChI=1S/C23H27N3O3S/c1-6-19-24-14(3)20-13(2)21(30-22(20)25-19)23(27)26-11-7-8-16(26)15-9-10-17(28-4)18(12-15)29-5/h9-10,12,16H,6-8,11H2,1-5H3/t16-/m0/s1. The highest BCUT2D eigenvalue weighted by atomic mass is 32.1. The second-order valence-corrected chi connectivity index (χ2v) is 8.59. The van der Waals surface area contributed by atoms with Crippen LogP contribution in [0.15, 0.2) is 18.2 Å². The van der Waals surface area contributed by atoms with Crippen molar-refractivity contribution in [3.63, 3.8) is 0 Å². The van der Waals surface area contributed by atoms with Crippen molar-refractivity contribution in [1.29, 1.82) is 0 Å². The smallest absolute Gasteiger partial charge is 0.264 e. The summed E-state index contributed by atoms with van der Waals surface area (Å²) in [6.07, 6.45) is 2.70. The highest BCUT2D eigenvalue weighted by molar-refractivity contribution is 7.20. The lowest BCUT2D eigenvalue weighted by Gasteiger charge is -2.25. The Morgan fingerprint density at radius 2 is 1.97 bits per heavy atom. The molecule has 6 nitrogen and oxygen atoms in total. The summed E-state index contributed by atoms with van der Waals surface area (Å²) in [6.45, 7) is 6.80. The molecule has 0 N–H and O–H groups in total. The van der Waals surface area contributed by atoms with E-state index in [4.69, 9.17) is 9.47 Å². The summed E-state index contributed by atoms with van der Waals surface area (Å²) in [5.41, 5.74) is 3.00. The molecule has 3 heterocycles. The molecule has 1 aromatic carbocycles. The lowest BCUT2D eigenvalue weighted by atomic mass is 10.0. The minimum atomic E-state index is 0.0281. The summed E-state index contributed by atoms with van der Waals surface area (Å²) in [5, 5.41) is 1.02. The summed E-state index contributed by atoms with van der Waals surface area (Å²) in [6, 6.07) is 5.94. The number of carbonyl (C=O) groups is 1. The van der Waals surface area contributed by atoms with Crippen LogP contribution in [0.3, 0.4) is 0 Å². The van der Waals surface area contributed by atoms with Crippen LogP contribution >= 0.6 is 11.3 Å². The van der Waals surface area contributed by atoms with Crippen molar-refractivity contribution in [3.8, 4) is 11.5 Å². The number of fused-ring (bicyclic) bond motifs is 1. The van der Waals surface area contributed by atoms with Gasteiger partial charge in [-0.15, -0.1) is 11.3 Å². The van der Waals surface area contributed by atoms with Crippen molar-refractivity contribution in [2.45, 2.75) is 46.1 Å². The molecule has 1 aliphatic heterocycles. The van der Waals surface area contributed by atoms with E-state index in [-0.39, 0.29) is 11.9 Å². The van der Waals surface area contributed by atoms with E-state index >= 15 is 0 Å². The maximum Gasteiger partial charge on any atom is 0.264 e. The summed E-state index contributed by atoms with van der Waals surface area (Å²) in [4.78, 5) is 26.5. The van der Waals surface area contributed by atoms with Gasteiger partial charge in [-0.1, -0.05) is 13.0 Å². The number of methoxy groups -OCH3 is 2. The third-order valence-electron chi connectivity index (χ3n) is 5.83. The van der Waals surface area contributed by atoms with Crippen molar-refractivity contribution in [2.75, 3.05) is 20.8 Å². The van der Waals surface area contributed by atoms with Gasteiger partial charge in [-0.05, 0) is 49.9 Å². The molecular weight excluding hydrogens is 398 g/mol. The topological polar surface area (TPSA) is 64.6 Å². The number of amides is 1. The Balaban J connectivity index is 1.71. The number of thiophene rings is 1. The SMILES string of the molecule is CCc1nc(C)c2c(C)c(C(=O)N3CCC[C@H]3c3ccc(OC)c(OC)c3)sc2n1. The molecule has 0 spiro atoms. The third kappa shape index (κ3) is 3.41. The summed E-state index contributed by atoms with van der Waals surface area (Å²) in [7, 11) is 3.26. The molecule has 3 aromatic rings. The number of ether oxygens (including phenoxy) is 2. The van der Waals surface area contributed by atoms with E-state index in [0.717, 1.165) is 63.5 Å². The van der Waals surface area contributed by atoms with Crippen LogP contribution in [-0.2, 0) is 6.42 Å². The third-order valence-corrected chi connectivity index (χ3v) is 7.01. The van der Waals surface area contributed by atoms with Crippen LogP contribution in [0.2, 0.25) is 0 Å². The number of aromatic nitrogens is 2. The molecule has 1 atom stereocenters. The normalized spacial score (nSPS) is 16.3. The average Bonchev–Trinajstić information content (AvgIpc) is 3.37. The monoisotopic (exact) mass is 425 g/mol. The maximum atomic E-state index is 13.6. The number of hydrogen-bond acceptors (Lipinski definition) is 6. The van der Waals surface area contributed by atoms with Gasteiger partial charge in [0, 0.05) is 24.0 Å². The molecule has 1 fully saturated rings. The number of hydrogen-bond donors (Lipinski definition) is 0. The summed E-state index contributed by atoms with van der Waals surface area (Å²) in [5.74, 6) is 2.28. The van der Waals surface area contributed by atoms with Gasteiger partial charge in [0.25, 0.3) is 5.91 Å². The molecule has 0 aliphatic carbocycles. The number of nitrogens with zero attached hydrogens (tertiary/aromatic N) is 3. The van der Waals surface area contributed by atoms with Crippen LogP contribution in [0.5, 0.6) is 11.5 Å². The fourth-order valence-corrected chi connectivity index (χ4v) is 5.51. The molecule has 158 valence electrons. The fraction of sp³-hybridized carbons (Fsp3) is 0.435. The molecule has 7 heteroatoms. The van der Waals surface area contributed by atoms with E-state index in [1.165, 1.54) is 11.3 Å². The minimum Gasteiger partial charge on any atom is -0.493 e. The quantitative estimate of drug-likeness (QED) is 0.584. The maximum absolute atomic E-state index is 13.6. The largest absolute Gasteiger partial charge is 0.493 e. The van der Waals surface area contributed by atoms with E-state index < -0.39 is 0 Å². The van der Waals surface area contributed by atoms with Gasteiger partial charge < -0.3 is 14.4 Å². The Morgan fingerprint density at radius 1 is 1.20 bits per heavy atom.